The zero-order valence-electron chi connectivity index (χ0n) is 10.4. The van der Waals surface area contributed by atoms with Crippen LogP contribution in [0.2, 0.25) is 0 Å². The fourth-order valence-corrected chi connectivity index (χ4v) is 1.58. The van der Waals surface area contributed by atoms with Gasteiger partial charge < -0.3 is 16.4 Å². The van der Waals surface area contributed by atoms with E-state index in [1.165, 1.54) is 18.2 Å². The molecule has 0 radical (unpaired) electrons. The summed E-state index contributed by atoms with van der Waals surface area (Å²) in [7, 11) is 0. The molecule has 0 aromatic heterocycles. The molecule has 0 aliphatic carbocycles. The van der Waals surface area contributed by atoms with Gasteiger partial charge in [0, 0.05) is 11.4 Å². The summed E-state index contributed by atoms with van der Waals surface area (Å²) in [6, 6.07) is 11.7. The SMILES string of the molecule is N#Cc1cccc(NC(=O)Nc2ccc(N)cc2F)c1. The van der Waals surface area contributed by atoms with Crippen molar-refractivity contribution in [2.24, 2.45) is 0 Å². The molecule has 0 aliphatic rings. The van der Waals surface area contributed by atoms with E-state index in [0.29, 0.717) is 11.3 Å². The molecule has 0 fully saturated rings. The number of amides is 2. The second kappa shape index (κ2) is 5.71. The highest BCUT2D eigenvalue weighted by atomic mass is 19.1. The molecule has 0 saturated carbocycles. The molecular weight excluding hydrogens is 259 g/mol. The minimum atomic E-state index is -0.620. The minimum Gasteiger partial charge on any atom is -0.399 e. The number of carbonyl (C=O) groups excluding carboxylic acids is 1. The van der Waals surface area contributed by atoms with Crippen molar-refractivity contribution in [3.8, 4) is 6.07 Å². The number of nitrogens with zero attached hydrogens (tertiary/aromatic N) is 1. The molecule has 0 heterocycles. The molecule has 0 atom stereocenters. The maximum absolute atomic E-state index is 13.5. The van der Waals surface area contributed by atoms with Crippen LogP contribution >= 0.6 is 0 Å². The van der Waals surface area contributed by atoms with Gasteiger partial charge in [0.15, 0.2) is 0 Å². The first kappa shape index (κ1) is 13.4. The summed E-state index contributed by atoms with van der Waals surface area (Å²) in [5.41, 5.74) is 6.57. The molecule has 0 saturated heterocycles. The molecule has 100 valence electrons. The van der Waals surface area contributed by atoms with E-state index in [-0.39, 0.29) is 11.4 Å². The average molecular weight is 270 g/mol. The maximum Gasteiger partial charge on any atom is 0.323 e. The van der Waals surface area contributed by atoms with Crippen LogP contribution in [0.3, 0.4) is 0 Å². The Morgan fingerprint density at radius 3 is 2.70 bits per heavy atom. The summed E-state index contributed by atoms with van der Waals surface area (Å²) < 4.78 is 13.5. The van der Waals surface area contributed by atoms with Gasteiger partial charge in [0.2, 0.25) is 0 Å². The normalized spacial score (nSPS) is 9.60. The number of halogens is 1. The number of rotatable bonds is 2. The molecule has 20 heavy (non-hydrogen) atoms. The smallest absolute Gasteiger partial charge is 0.323 e. The Hall–Kier alpha value is -3.07. The summed E-state index contributed by atoms with van der Waals surface area (Å²) in [5, 5.41) is 13.6. The van der Waals surface area contributed by atoms with E-state index in [1.54, 1.807) is 18.2 Å². The van der Waals surface area contributed by atoms with Crippen LogP contribution in [-0.2, 0) is 0 Å². The fourth-order valence-electron chi connectivity index (χ4n) is 1.58. The number of nitrogen functional groups attached to an aromatic ring is 1. The summed E-state index contributed by atoms with van der Waals surface area (Å²) in [4.78, 5) is 11.7. The Kier molecular flexibility index (Phi) is 3.82. The second-order valence-corrected chi connectivity index (χ2v) is 4.01. The van der Waals surface area contributed by atoms with Gasteiger partial charge in [0.05, 0.1) is 17.3 Å². The van der Waals surface area contributed by atoms with Crippen LogP contribution in [0.1, 0.15) is 5.56 Å². The molecule has 4 N–H and O–H groups in total. The lowest BCUT2D eigenvalue weighted by Gasteiger charge is -2.09. The Bertz CT molecular complexity index is 694. The predicted molar refractivity (Wildman–Crippen MR) is 74.6 cm³/mol. The zero-order chi connectivity index (χ0) is 14.5. The minimum absolute atomic E-state index is 0.0214. The van der Waals surface area contributed by atoms with Gasteiger partial charge in [-0.25, -0.2) is 9.18 Å². The molecule has 6 heteroatoms. The first-order chi connectivity index (χ1) is 9.58. The van der Waals surface area contributed by atoms with Gasteiger partial charge in [-0.3, -0.25) is 0 Å². The first-order valence-electron chi connectivity index (χ1n) is 5.71. The third-order valence-electron chi connectivity index (χ3n) is 2.49. The Morgan fingerprint density at radius 1 is 1.20 bits per heavy atom. The molecule has 0 bridgehead atoms. The van der Waals surface area contributed by atoms with E-state index < -0.39 is 11.8 Å². The first-order valence-corrected chi connectivity index (χ1v) is 5.71. The van der Waals surface area contributed by atoms with Crippen molar-refractivity contribution in [1.82, 2.24) is 0 Å². The number of anilines is 3. The molecule has 0 aliphatic heterocycles. The van der Waals surface area contributed by atoms with Gasteiger partial charge in [-0.1, -0.05) is 6.07 Å². The summed E-state index contributed by atoms with van der Waals surface area (Å²) in [5.74, 6) is -0.620. The van der Waals surface area contributed by atoms with E-state index in [9.17, 15) is 9.18 Å². The molecule has 2 rings (SSSR count). The molecule has 2 amide bonds. The predicted octanol–water partition coefficient (Wildman–Crippen LogP) is 2.92. The molecular formula is C14H11FN4O. The largest absolute Gasteiger partial charge is 0.399 e. The van der Waals surface area contributed by atoms with E-state index in [1.807, 2.05) is 6.07 Å². The number of nitriles is 1. The van der Waals surface area contributed by atoms with E-state index >= 15 is 0 Å². The van der Waals surface area contributed by atoms with Crippen LogP contribution in [0.25, 0.3) is 0 Å². The van der Waals surface area contributed by atoms with E-state index in [4.69, 9.17) is 11.0 Å². The maximum atomic E-state index is 13.5. The van der Waals surface area contributed by atoms with Gasteiger partial charge >= 0.3 is 6.03 Å². The van der Waals surface area contributed by atoms with Crippen molar-refractivity contribution in [1.29, 1.82) is 5.26 Å². The van der Waals surface area contributed by atoms with Crippen LogP contribution in [-0.4, -0.2) is 6.03 Å². The quantitative estimate of drug-likeness (QED) is 0.733. The van der Waals surface area contributed by atoms with Crippen molar-refractivity contribution in [2.45, 2.75) is 0 Å². The highest BCUT2D eigenvalue weighted by molar-refractivity contribution is 6.00. The van der Waals surface area contributed by atoms with Gasteiger partial charge in [0.25, 0.3) is 0 Å². The van der Waals surface area contributed by atoms with Gasteiger partial charge in [-0.2, -0.15) is 5.26 Å². The van der Waals surface area contributed by atoms with Crippen molar-refractivity contribution in [3.63, 3.8) is 0 Å². The summed E-state index contributed by atoms with van der Waals surface area (Å²) >= 11 is 0. The fraction of sp³-hybridized carbons (Fsp3) is 0. The highest BCUT2D eigenvalue weighted by Gasteiger charge is 2.07. The van der Waals surface area contributed by atoms with Crippen LogP contribution in [0.5, 0.6) is 0 Å². The Balaban J connectivity index is 2.07. The second-order valence-electron chi connectivity index (χ2n) is 4.01. The molecule has 5 nitrogen and oxygen atoms in total. The summed E-state index contributed by atoms with van der Waals surface area (Å²) in [6.07, 6.45) is 0. The lowest BCUT2D eigenvalue weighted by molar-refractivity contribution is 0.262. The molecule has 0 spiro atoms. The number of urea groups is 1. The number of hydrogen-bond acceptors (Lipinski definition) is 3. The number of benzene rings is 2. The lowest BCUT2D eigenvalue weighted by Crippen LogP contribution is -2.20. The number of nitrogens with one attached hydrogen (secondary N) is 2. The molecule has 2 aromatic carbocycles. The van der Waals surface area contributed by atoms with Gasteiger partial charge in [-0.05, 0) is 36.4 Å². The summed E-state index contributed by atoms with van der Waals surface area (Å²) in [6.45, 7) is 0. The number of nitrogens with two attached hydrogens (primary N) is 1. The van der Waals surface area contributed by atoms with Crippen molar-refractivity contribution in [2.75, 3.05) is 16.4 Å². The Morgan fingerprint density at radius 2 is 2.00 bits per heavy atom. The highest BCUT2D eigenvalue weighted by Crippen LogP contribution is 2.17. The van der Waals surface area contributed by atoms with Crippen LogP contribution in [0.4, 0.5) is 26.2 Å². The van der Waals surface area contributed by atoms with Crippen molar-refractivity contribution in [3.05, 3.63) is 53.8 Å². The molecule has 2 aromatic rings. The number of hydrogen-bond donors (Lipinski definition) is 3. The van der Waals surface area contributed by atoms with E-state index in [0.717, 1.165) is 6.07 Å². The third-order valence-corrected chi connectivity index (χ3v) is 2.49. The third kappa shape index (κ3) is 3.23. The topological polar surface area (TPSA) is 90.9 Å². The Labute approximate surface area is 114 Å². The van der Waals surface area contributed by atoms with E-state index in [2.05, 4.69) is 10.6 Å². The number of carbonyl (C=O) groups is 1. The molecule has 0 unspecified atom stereocenters. The lowest BCUT2D eigenvalue weighted by atomic mass is 10.2. The van der Waals surface area contributed by atoms with Gasteiger partial charge in [0.1, 0.15) is 5.82 Å². The van der Waals surface area contributed by atoms with Gasteiger partial charge in [-0.15, -0.1) is 0 Å². The van der Waals surface area contributed by atoms with Crippen LogP contribution in [0, 0.1) is 17.1 Å². The average Bonchev–Trinajstić information content (AvgIpc) is 2.42. The van der Waals surface area contributed by atoms with Crippen molar-refractivity contribution >= 4 is 23.1 Å². The van der Waals surface area contributed by atoms with Crippen molar-refractivity contribution < 1.29 is 9.18 Å². The van der Waals surface area contributed by atoms with Crippen LogP contribution in [0.15, 0.2) is 42.5 Å². The zero-order valence-corrected chi connectivity index (χ0v) is 10.4. The standard InChI is InChI=1S/C14H11FN4O/c15-12-7-10(17)4-5-13(12)19-14(20)18-11-3-1-2-9(6-11)8-16/h1-7H,17H2,(H2,18,19,20). The monoisotopic (exact) mass is 270 g/mol. The van der Waals surface area contributed by atoms with Crippen LogP contribution < -0.4 is 16.4 Å².